The fraction of sp³-hybridized carbons (Fsp3) is 0.188. The molecule has 0 aliphatic rings. The van der Waals surface area contributed by atoms with Crippen LogP contribution in [-0.4, -0.2) is 46.4 Å². The zero-order chi connectivity index (χ0) is 18.3. The monoisotopic (exact) mass is 405 g/mol. The molecule has 0 spiro atoms. The van der Waals surface area contributed by atoms with Gasteiger partial charge >= 0.3 is 0 Å². The standard InChI is InChI=1S/C16H15N5O2S3/c1-20(2)26(22,23)11-7-8-14-18-19-16(21(14)9-11)24-10-15-17-12-5-3-4-6-13(12)25-15/h3-9H,10H2,1-2H3. The van der Waals surface area contributed by atoms with Crippen molar-refractivity contribution in [2.75, 3.05) is 14.1 Å². The van der Waals surface area contributed by atoms with Crippen LogP contribution in [0.15, 0.2) is 52.6 Å². The summed E-state index contributed by atoms with van der Waals surface area (Å²) in [5.74, 6) is 0.644. The number of rotatable bonds is 5. The van der Waals surface area contributed by atoms with Crippen LogP contribution in [0.25, 0.3) is 15.9 Å². The van der Waals surface area contributed by atoms with Gasteiger partial charge in [0.05, 0.1) is 20.9 Å². The molecule has 0 unspecified atom stereocenters. The second-order valence-corrected chi connectivity index (χ2v) is 9.94. The Balaban J connectivity index is 1.64. The highest BCUT2D eigenvalue weighted by atomic mass is 32.2. The number of hydrogen-bond acceptors (Lipinski definition) is 7. The summed E-state index contributed by atoms with van der Waals surface area (Å²) in [6.07, 6.45) is 1.56. The normalized spacial score (nSPS) is 12.4. The van der Waals surface area contributed by atoms with Gasteiger partial charge in [0.1, 0.15) is 5.01 Å². The molecule has 0 radical (unpaired) electrons. The van der Waals surface area contributed by atoms with Crippen molar-refractivity contribution in [2.24, 2.45) is 0 Å². The molecular weight excluding hydrogens is 390 g/mol. The number of aromatic nitrogens is 4. The highest BCUT2D eigenvalue weighted by Crippen LogP contribution is 2.28. The van der Waals surface area contributed by atoms with Crippen LogP contribution >= 0.6 is 23.1 Å². The lowest BCUT2D eigenvalue weighted by molar-refractivity contribution is 0.520. The molecule has 3 aromatic heterocycles. The van der Waals surface area contributed by atoms with E-state index in [0.29, 0.717) is 16.6 Å². The summed E-state index contributed by atoms with van der Waals surface area (Å²) in [5, 5.41) is 9.91. The number of para-hydroxylation sites is 1. The van der Waals surface area contributed by atoms with Crippen molar-refractivity contribution >= 4 is 49.0 Å². The van der Waals surface area contributed by atoms with E-state index in [-0.39, 0.29) is 4.90 Å². The van der Waals surface area contributed by atoms with Crippen LogP contribution in [0.4, 0.5) is 0 Å². The van der Waals surface area contributed by atoms with Crippen LogP contribution in [-0.2, 0) is 15.8 Å². The number of nitrogens with zero attached hydrogens (tertiary/aromatic N) is 5. The van der Waals surface area contributed by atoms with Crippen molar-refractivity contribution in [1.82, 2.24) is 23.9 Å². The third kappa shape index (κ3) is 3.09. The van der Waals surface area contributed by atoms with Gasteiger partial charge < -0.3 is 0 Å². The molecule has 0 saturated carbocycles. The first kappa shape index (κ1) is 17.4. The molecule has 0 N–H and O–H groups in total. The van der Waals surface area contributed by atoms with Crippen LogP contribution in [0.3, 0.4) is 0 Å². The topological polar surface area (TPSA) is 80.5 Å². The van der Waals surface area contributed by atoms with Gasteiger partial charge in [0, 0.05) is 20.3 Å². The van der Waals surface area contributed by atoms with Crippen LogP contribution in [0.5, 0.6) is 0 Å². The van der Waals surface area contributed by atoms with Gasteiger partial charge in [0.25, 0.3) is 0 Å². The van der Waals surface area contributed by atoms with Crippen LogP contribution < -0.4 is 0 Å². The molecule has 26 heavy (non-hydrogen) atoms. The first-order chi connectivity index (χ1) is 12.4. The molecule has 1 aromatic carbocycles. The summed E-state index contributed by atoms with van der Waals surface area (Å²) in [6, 6.07) is 11.2. The molecule has 10 heteroatoms. The lowest BCUT2D eigenvalue weighted by atomic mass is 10.3. The lowest BCUT2D eigenvalue weighted by Gasteiger charge is -2.11. The van der Waals surface area contributed by atoms with Gasteiger partial charge in [-0.15, -0.1) is 21.5 Å². The van der Waals surface area contributed by atoms with Gasteiger partial charge in [-0.1, -0.05) is 23.9 Å². The first-order valence-electron chi connectivity index (χ1n) is 7.70. The molecule has 0 saturated heterocycles. The van der Waals surface area contributed by atoms with Gasteiger partial charge in [-0.3, -0.25) is 4.40 Å². The summed E-state index contributed by atoms with van der Waals surface area (Å²) in [5.41, 5.74) is 1.59. The number of pyridine rings is 1. The van der Waals surface area contributed by atoms with E-state index in [0.717, 1.165) is 15.2 Å². The van der Waals surface area contributed by atoms with E-state index in [1.165, 1.54) is 30.2 Å². The Morgan fingerprint density at radius 3 is 2.73 bits per heavy atom. The van der Waals surface area contributed by atoms with E-state index >= 15 is 0 Å². The fourth-order valence-corrected chi connectivity index (χ4v) is 5.20. The molecule has 134 valence electrons. The number of sulfonamides is 1. The Bertz CT molecular complexity index is 1160. The number of fused-ring (bicyclic) bond motifs is 2. The molecule has 4 rings (SSSR count). The van der Waals surface area contributed by atoms with Crippen molar-refractivity contribution in [1.29, 1.82) is 0 Å². The minimum Gasteiger partial charge on any atom is -0.276 e. The highest BCUT2D eigenvalue weighted by molar-refractivity contribution is 7.98. The molecule has 4 aromatic rings. The predicted octanol–water partition coefficient (Wildman–Crippen LogP) is 2.88. The summed E-state index contributed by atoms with van der Waals surface area (Å²) >= 11 is 3.13. The maximum absolute atomic E-state index is 12.3. The van der Waals surface area contributed by atoms with Gasteiger partial charge in [-0.2, -0.15) is 0 Å². The van der Waals surface area contributed by atoms with Crippen molar-refractivity contribution in [3.05, 3.63) is 47.6 Å². The smallest absolute Gasteiger partial charge is 0.244 e. The number of benzene rings is 1. The third-order valence-electron chi connectivity index (χ3n) is 3.79. The SMILES string of the molecule is CN(C)S(=O)(=O)c1ccc2nnc(SCc3nc4ccccc4s3)n2c1. The van der Waals surface area contributed by atoms with Crippen LogP contribution in [0.2, 0.25) is 0 Å². The maximum Gasteiger partial charge on any atom is 0.244 e. The number of hydrogen-bond donors (Lipinski definition) is 0. The molecule has 7 nitrogen and oxygen atoms in total. The molecule has 0 bridgehead atoms. The minimum atomic E-state index is -3.51. The largest absolute Gasteiger partial charge is 0.276 e. The van der Waals surface area contributed by atoms with Gasteiger partial charge in [0.15, 0.2) is 10.8 Å². The van der Waals surface area contributed by atoms with Crippen molar-refractivity contribution in [2.45, 2.75) is 15.8 Å². The minimum absolute atomic E-state index is 0.205. The van der Waals surface area contributed by atoms with Crippen molar-refractivity contribution in [3.8, 4) is 0 Å². The Hall–Kier alpha value is -2.01. The Morgan fingerprint density at radius 1 is 1.15 bits per heavy atom. The average Bonchev–Trinajstić information content (AvgIpc) is 3.22. The Morgan fingerprint density at radius 2 is 1.96 bits per heavy atom. The quantitative estimate of drug-likeness (QED) is 0.475. The Kier molecular flexibility index (Phi) is 4.43. The second kappa shape index (κ2) is 6.62. The van der Waals surface area contributed by atoms with Crippen LogP contribution in [0, 0.1) is 0 Å². The second-order valence-electron chi connectivity index (χ2n) is 5.73. The van der Waals surface area contributed by atoms with Crippen molar-refractivity contribution in [3.63, 3.8) is 0 Å². The molecule has 0 atom stereocenters. The summed E-state index contributed by atoms with van der Waals surface area (Å²) < 4.78 is 28.7. The first-order valence-corrected chi connectivity index (χ1v) is 10.9. The molecule has 0 aliphatic heterocycles. The van der Waals surface area contributed by atoms with E-state index in [1.54, 1.807) is 34.1 Å². The van der Waals surface area contributed by atoms with Crippen molar-refractivity contribution < 1.29 is 8.42 Å². The zero-order valence-electron chi connectivity index (χ0n) is 14.0. The lowest BCUT2D eigenvalue weighted by Crippen LogP contribution is -2.22. The van der Waals surface area contributed by atoms with E-state index < -0.39 is 10.0 Å². The molecule has 3 heterocycles. The van der Waals surface area contributed by atoms with Gasteiger partial charge in [-0.05, 0) is 24.3 Å². The predicted molar refractivity (Wildman–Crippen MR) is 103 cm³/mol. The average molecular weight is 406 g/mol. The van der Waals surface area contributed by atoms with Gasteiger partial charge in [-0.25, -0.2) is 17.7 Å². The summed E-state index contributed by atoms with van der Waals surface area (Å²) in [4.78, 5) is 4.82. The fourth-order valence-electron chi connectivity index (χ4n) is 2.42. The summed E-state index contributed by atoms with van der Waals surface area (Å²) in [6.45, 7) is 0. The molecule has 0 amide bonds. The maximum atomic E-state index is 12.3. The zero-order valence-corrected chi connectivity index (χ0v) is 16.5. The van der Waals surface area contributed by atoms with Crippen LogP contribution in [0.1, 0.15) is 5.01 Å². The number of thioether (sulfide) groups is 1. The highest BCUT2D eigenvalue weighted by Gasteiger charge is 2.19. The molecule has 0 fully saturated rings. The number of thiazole rings is 1. The third-order valence-corrected chi connectivity index (χ3v) is 7.76. The van der Waals surface area contributed by atoms with Gasteiger partial charge in [0.2, 0.25) is 10.0 Å². The van der Waals surface area contributed by atoms with E-state index in [2.05, 4.69) is 15.2 Å². The summed E-state index contributed by atoms with van der Waals surface area (Å²) in [7, 11) is -0.493. The molecular formula is C16H15N5O2S3. The van der Waals surface area contributed by atoms with E-state index in [4.69, 9.17) is 0 Å². The van der Waals surface area contributed by atoms with E-state index in [1.807, 2.05) is 24.3 Å². The van der Waals surface area contributed by atoms with E-state index in [9.17, 15) is 8.42 Å². The Labute approximate surface area is 158 Å². The molecule has 0 aliphatic carbocycles.